The third kappa shape index (κ3) is 15.3. The summed E-state index contributed by atoms with van der Waals surface area (Å²) in [6.45, 7) is 4.65. The van der Waals surface area contributed by atoms with Crippen LogP contribution in [-0.4, -0.2) is 96.1 Å². The zero-order valence-corrected chi connectivity index (χ0v) is 43.5. The fraction of sp³-hybridized carbons (Fsp3) is 0.491. The highest BCUT2D eigenvalue weighted by Crippen LogP contribution is 2.41. The zero-order valence-electron chi connectivity index (χ0n) is 42.5. The van der Waals surface area contributed by atoms with Crippen LogP contribution in [-0.2, 0) is 25.6 Å². The van der Waals surface area contributed by atoms with Crippen LogP contribution in [0.5, 0.6) is 17.2 Å². The van der Waals surface area contributed by atoms with Gasteiger partial charge in [0.1, 0.15) is 29.1 Å². The molecule has 0 spiro atoms. The monoisotopic (exact) mass is 1020 g/mol. The Morgan fingerprint density at radius 1 is 0.863 bits per heavy atom. The Morgan fingerprint density at radius 3 is 2.12 bits per heavy atom. The Labute approximate surface area is 435 Å². The molecule has 1 fully saturated rings. The van der Waals surface area contributed by atoms with Gasteiger partial charge in [-0.05, 0) is 138 Å². The number of hydrogen-bond acceptors (Lipinski definition) is 15. The number of nitriles is 1. The summed E-state index contributed by atoms with van der Waals surface area (Å²) >= 11 is 0. The van der Waals surface area contributed by atoms with E-state index in [0.717, 1.165) is 31.4 Å². The largest absolute Gasteiger partial charge is 0.493 e. The maximum atomic E-state index is 14.9. The molecule has 1 aliphatic carbocycles. The summed E-state index contributed by atoms with van der Waals surface area (Å²) < 4.78 is 18.9. The molecule has 4 atom stereocenters. The van der Waals surface area contributed by atoms with E-state index in [1.165, 1.54) is 24.8 Å². The summed E-state index contributed by atoms with van der Waals surface area (Å²) in [5, 5.41) is 12.2. The number of Topliss-reactive ketones (excluding diaryl/α,β-unsaturated/α-hetero) is 3. The molecule has 1 aliphatic heterocycles. The van der Waals surface area contributed by atoms with Gasteiger partial charge in [-0.2, -0.15) is 18.8 Å². The number of benzene rings is 3. The second-order valence-corrected chi connectivity index (χ2v) is 18.9. The first-order valence-corrected chi connectivity index (χ1v) is 25.3. The predicted molar refractivity (Wildman–Crippen MR) is 285 cm³/mol. The number of hydrogen-bond donors (Lipinski definition) is 5. The molecule has 9 N–H and O–H groups in total. The molecule has 4 bridgehead atoms. The molecule has 0 radical (unpaired) electrons. The molecule has 18 heteroatoms. The third-order valence-corrected chi connectivity index (χ3v) is 13.4. The number of rotatable bonds is 21. The number of likely N-dealkylation sites (N-methyl/N-ethyl adjacent to an activating group) is 1. The number of fused-ring (bicyclic) bond motifs is 5. The second kappa shape index (κ2) is 28.2. The summed E-state index contributed by atoms with van der Waals surface area (Å²) in [5.41, 5.74) is 27.6. The number of aryl methyl sites for hydroxylation is 1. The summed E-state index contributed by atoms with van der Waals surface area (Å²) in [6.07, 6.45) is 7.59. The number of carbonyl (C=O) groups is 5. The average Bonchev–Trinajstić information content (AvgIpc) is 3.64. The van der Waals surface area contributed by atoms with Crippen LogP contribution < -0.4 is 42.5 Å². The molecule has 2 aliphatic rings. The lowest BCUT2D eigenvalue weighted by molar-refractivity contribution is -0.142. The Hall–Kier alpha value is -6.39. The maximum Gasteiger partial charge on any atom is 0.226 e. The smallest absolute Gasteiger partial charge is 0.226 e. The van der Waals surface area contributed by atoms with Gasteiger partial charge in [0.15, 0.2) is 23.2 Å². The Kier molecular flexibility index (Phi) is 22.2. The van der Waals surface area contributed by atoms with Gasteiger partial charge in [0.25, 0.3) is 0 Å². The van der Waals surface area contributed by atoms with Crippen LogP contribution in [0.15, 0.2) is 60.7 Å². The normalized spacial score (nSPS) is 17.6. The van der Waals surface area contributed by atoms with Gasteiger partial charge in [0, 0.05) is 61.3 Å². The summed E-state index contributed by atoms with van der Waals surface area (Å²) in [7, 11) is 1.49. The molecule has 1 aromatic heterocycles. The van der Waals surface area contributed by atoms with Crippen molar-refractivity contribution in [2.75, 3.05) is 45.6 Å². The van der Waals surface area contributed by atoms with Crippen molar-refractivity contribution in [2.45, 2.75) is 122 Å². The molecule has 0 unspecified atom stereocenters. The molecule has 4 aromatic rings. The molecule has 1 saturated carbocycles. The lowest BCUT2D eigenvalue weighted by Gasteiger charge is -2.32. The number of carbonyl (C=O) groups excluding carboxylic acids is 5. The quantitative estimate of drug-likeness (QED) is 0.0333. The molecule has 17 nitrogen and oxygen atoms in total. The lowest BCUT2D eigenvalue weighted by Crippen LogP contribution is -2.46. The maximum absolute atomic E-state index is 14.9. The van der Waals surface area contributed by atoms with Crippen molar-refractivity contribution in [2.24, 2.45) is 29.0 Å². The van der Waals surface area contributed by atoms with Crippen LogP contribution in [0.1, 0.15) is 124 Å². The van der Waals surface area contributed by atoms with Gasteiger partial charge in [0.05, 0.1) is 42.7 Å². The first kappa shape index (κ1) is 57.5. The van der Waals surface area contributed by atoms with Crippen molar-refractivity contribution < 1.29 is 38.2 Å². The number of nitrogens with one attached hydrogen (secondary N) is 1. The van der Waals surface area contributed by atoms with E-state index in [1.807, 2.05) is 42.5 Å². The van der Waals surface area contributed by atoms with Gasteiger partial charge in [-0.3, -0.25) is 24.0 Å². The highest BCUT2D eigenvalue weighted by molar-refractivity contribution is 7.59. The Balaban J connectivity index is 0.00000988. The van der Waals surface area contributed by atoms with Crippen molar-refractivity contribution >= 4 is 48.5 Å². The third-order valence-electron chi connectivity index (χ3n) is 13.4. The number of anilines is 1. The van der Waals surface area contributed by atoms with E-state index in [-0.39, 0.29) is 88.4 Å². The molecule has 3 aromatic carbocycles. The minimum Gasteiger partial charge on any atom is -0.493 e. The Morgan fingerprint density at radius 2 is 1.51 bits per heavy atom. The number of ether oxygens (including phenoxy) is 3. The van der Waals surface area contributed by atoms with Crippen LogP contribution in [0.3, 0.4) is 0 Å². The van der Waals surface area contributed by atoms with Crippen LogP contribution in [0.4, 0.5) is 5.82 Å². The van der Waals surface area contributed by atoms with E-state index in [0.29, 0.717) is 83.4 Å². The first-order valence-electron chi connectivity index (χ1n) is 25.3. The minimum absolute atomic E-state index is 0. The summed E-state index contributed by atoms with van der Waals surface area (Å²) in [4.78, 5) is 82.1. The van der Waals surface area contributed by atoms with E-state index >= 15 is 0 Å². The van der Waals surface area contributed by atoms with E-state index in [9.17, 15) is 29.2 Å². The lowest BCUT2D eigenvalue weighted by atomic mass is 9.88. The number of amides is 2. The number of aromatic nitrogens is 2. The van der Waals surface area contributed by atoms with Gasteiger partial charge in [-0.25, -0.2) is 9.97 Å². The second-order valence-electron chi connectivity index (χ2n) is 18.9. The van der Waals surface area contributed by atoms with Crippen molar-refractivity contribution in [3.8, 4) is 45.8 Å². The van der Waals surface area contributed by atoms with E-state index in [1.54, 1.807) is 38.1 Å². The zero-order chi connectivity index (χ0) is 51.7. The van der Waals surface area contributed by atoms with Gasteiger partial charge in [-0.15, -0.1) is 0 Å². The fourth-order valence-electron chi connectivity index (χ4n) is 9.46. The number of nitrogens with two attached hydrogens (primary N) is 4. The van der Waals surface area contributed by atoms with E-state index < -0.39 is 47.3 Å². The van der Waals surface area contributed by atoms with Crippen molar-refractivity contribution in [3.05, 3.63) is 83.0 Å². The molecular formula is C55H73N9O8S. The summed E-state index contributed by atoms with van der Waals surface area (Å²) in [6, 6.07) is 17.9. The minimum atomic E-state index is -1.26. The van der Waals surface area contributed by atoms with Crippen LogP contribution in [0.25, 0.3) is 22.5 Å². The van der Waals surface area contributed by atoms with Crippen molar-refractivity contribution in [1.82, 2.24) is 20.2 Å². The topological polar surface area (TPSA) is 282 Å². The van der Waals surface area contributed by atoms with E-state index in [4.69, 9.17) is 37.1 Å². The molecule has 73 heavy (non-hydrogen) atoms. The molecule has 2 amide bonds. The van der Waals surface area contributed by atoms with Gasteiger partial charge >= 0.3 is 0 Å². The summed E-state index contributed by atoms with van der Waals surface area (Å²) in [5.74, 6) is -2.29. The Bertz CT molecular complexity index is 2560. The fourth-order valence-corrected chi connectivity index (χ4v) is 9.46. The standard InChI is InChI=1S/C55H71N9O8.H2S/c1-34-29-47(67)51(38-17-21-49(71-28-10-25-58)43(32-38)42-30-36(14-20-48(42)70-27-9-24-57)31-44(62-54(34)68)45(65)13-8-23-56)64(3)55(69)39(22-26-59)33-46(66)50-35(2)61-53(63-52(50)60)37-15-18-41(19-16-37)72-40-11-6-4-5-7-12-40;/h14-21,30,32,34,39-40,44,51H,4-13,22,24-29,31,33,57-59H2,1-3H3,(H,62,68)(H2,60,61,63);1H2/t34-,39-,44+,51+;/m1./s1. The van der Waals surface area contributed by atoms with Crippen molar-refractivity contribution in [3.63, 3.8) is 0 Å². The molecule has 6 rings (SSSR count). The molecule has 2 heterocycles. The predicted octanol–water partition coefficient (Wildman–Crippen LogP) is 6.62. The highest BCUT2D eigenvalue weighted by Gasteiger charge is 2.37. The SMILES string of the molecule is Cc1nc(-c2ccc(OC3CCCCCC3)cc2)nc(N)c1C(=O)C[C@@H](CCN)C(=O)N(C)[C@@H]1C(=O)C[C@@H](C)C(=O)N[C@H](C(=O)CCC#N)Cc2ccc(OCCCN)c(c2)-c2cc1ccc2OCCCN.S. The highest BCUT2D eigenvalue weighted by atomic mass is 32.1. The average molecular weight is 1020 g/mol. The molecule has 392 valence electrons. The molecule has 0 saturated heterocycles. The van der Waals surface area contributed by atoms with Crippen molar-refractivity contribution in [1.29, 1.82) is 5.26 Å². The number of nitrogen functional groups attached to an aromatic ring is 1. The van der Waals surface area contributed by atoms with Crippen LogP contribution in [0, 0.1) is 30.1 Å². The number of ketones is 3. The number of nitrogens with zero attached hydrogens (tertiary/aromatic N) is 4. The molecular weight excluding hydrogens is 947 g/mol. The first-order chi connectivity index (χ1) is 34.8. The van der Waals surface area contributed by atoms with E-state index in [2.05, 4.69) is 15.3 Å². The van der Waals surface area contributed by atoms with Gasteiger partial charge in [-0.1, -0.05) is 31.9 Å². The van der Waals surface area contributed by atoms with Gasteiger partial charge in [0.2, 0.25) is 11.8 Å². The van der Waals surface area contributed by atoms with Gasteiger partial charge < -0.3 is 47.4 Å². The van der Waals surface area contributed by atoms with Crippen LogP contribution in [0.2, 0.25) is 0 Å². The van der Waals surface area contributed by atoms with Crippen LogP contribution >= 0.6 is 13.5 Å².